The SMILES string of the molecule is COCCO[C@H]1C(=O)N(C2CCN(C(=O)Cc3cccc(F)c3)CC2)[C@H]1c1ccncc1. The molecule has 7 nitrogen and oxygen atoms in total. The fourth-order valence-corrected chi connectivity index (χ4v) is 4.53. The molecule has 0 N–H and O–H groups in total. The van der Waals surface area contributed by atoms with Gasteiger partial charge in [-0.25, -0.2) is 4.39 Å². The monoisotopic (exact) mass is 441 g/mol. The van der Waals surface area contributed by atoms with Gasteiger partial charge in [0.2, 0.25) is 5.91 Å². The molecule has 0 saturated carbocycles. The molecule has 8 heteroatoms. The molecule has 2 saturated heterocycles. The number of carbonyl (C=O) groups is 2. The Bertz CT molecular complexity index is 934. The average molecular weight is 442 g/mol. The summed E-state index contributed by atoms with van der Waals surface area (Å²) < 4.78 is 24.3. The molecule has 0 radical (unpaired) electrons. The number of rotatable bonds is 8. The second-order valence-corrected chi connectivity index (χ2v) is 8.17. The van der Waals surface area contributed by atoms with Gasteiger partial charge in [-0.1, -0.05) is 12.1 Å². The number of β-lactam (4-membered cyclic amide) rings is 1. The molecule has 32 heavy (non-hydrogen) atoms. The van der Waals surface area contributed by atoms with Crippen molar-refractivity contribution in [3.63, 3.8) is 0 Å². The van der Waals surface area contributed by atoms with Crippen LogP contribution in [0, 0.1) is 5.82 Å². The Morgan fingerprint density at radius 2 is 1.91 bits per heavy atom. The largest absolute Gasteiger partial charge is 0.382 e. The molecular weight excluding hydrogens is 413 g/mol. The Morgan fingerprint density at radius 3 is 2.59 bits per heavy atom. The summed E-state index contributed by atoms with van der Waals surface area (Å²) in [6.45, 7) is 1.93. The number of hydrogen-bond donors (Lipinski definition) is 0. The first kappa shape index (κ1) is 22.4. The highest BCUT2D eigenvalue weighted by Gasteiger charge is 2.52. The Morgan fingerprint density at radius 1 is 1.16 bits per heavy atom. The molecule has 0 unspecified atom stereocenters. The van der Waals surface area contributed by atoms with E-state index in [1.165, 1.54) is 12.1 Å². The maximum absolute atomic E-state index is 13.4. The van der Waals surface area contributed by atoms with Gasteiger partial charge in [-0.3, -0.25) is 14.6 Å². The van der Waals surface area contributed by atoms with E-state index in [0.717, 1.165) is 5.56 Å². The van der Waals surface area contributed by atoms with E-state index in [9.17, 15) is 14.0 Å². The summed E-state index contributed by atoms with van der Waals surface area (Å²) in [4.78, 5) is 33.4. The number of carbonyl (C=O) groups excluding carboxylic acids is 2. The highest BCUT2D eigenvalue weighted by Crippen LogP contribution is 2.40. The van der Waals surface area contributed by atoms with Crippen molar-refractivity contribution in [1.29, 1.82) is 0 Å². The lowest BCUT2D eigenvalue weighted by molar-refractivity contribution is -0.184. The zero-order valence-corrected chi connectivity index (χ0v) is 18.2. The molecule has 4 rings (SSSR count). The Hall–Kier alpha value is -2.84. The van der Waals surface area contributed by atoms with Crippen LogP contribution >= 0.6 is 0 Å². The van der Waals surface area contributed by atoms with Gasteiger partial charge in [-0.05, 0) is 48.2 Å². The second-order valence-electron chi connectivity index (χ2n) is 8.17. The fraction of sp³-hybridized carbons (Fsp3) is 0.458. The van der Waals surface area contributed by atoms with E-state index in [1.807, 2.05) is 17.0 Å². The van der Waals surface area contributed by atoms with Crippen molar-refractivity contribution in [2.75, 3.05) is 33.4 Å². The van der Waals surface area contributed by atoms with E-state index < -0.39 is 6.10 Å². The van der Waals surface area contributed by atoms with Crippen LogP contribution in [-0.2, 0) is 25.5 Å². The fourth-order valence-electron chi connectivity index (χ4n) is 4.53. The summed E-state index contributed by atoms with van der Waals surface area (Å²) in [6, 6.07) is 9.84. The van der Waals surface area contributed by atoms with Crippen LogP contribution < -0.4 is 0 Å². The number of benzene rings is 1. The maximum atomic E-state index is 13.4. The van der Waals surface area contributed by atoms with E-state index in [0.29, 0.717) is 44.7 Å². The summed E-state index contributed by atoms with van der Waals surface area (Å²) in [5, 5.41) is 0. The molecule has 3 heterocycles. The lowest BCUT2D eigenvalue weighted by atomic mass is 9.86. The lowest BCUT2D eigenvalue weighted by Crippen LogP contribution is -2.65. The van der Waals surface area contributed by atoms with Crippen LogP contribution in [0.5, 0.6) is 0 Å². The summed E-state index contributed by atoms with van der Waals surface area (Å²) in [7, 11) is 1.60. The first-order valence-electron chi connectivity index (χ1n) is 10.9. The summed E-state index contributed by atoms with van der Waals surface area (Å²) in [6.07, 6.45) is 4.49. The molecule has 1 aromatic carbocycles. The lowest BCUT2D eigenvalue weighted by Gasteiger charge is -2.52. The Kier molecular flexibility index (Phi) is 7.12. The number of ether oxygens (including phenoxy) is 2. The quantitative estimate of drug-likeness (QED) is 0.465. The molecule has 2 aliphatic heterocycles. The third-order valence-corrected chi connectivity index (χ3v) is 6.17. The van der Waals surface area contributed by atoms with Crippen LogP contribution in [0.25, 0.3) is 0 Å². The number of pyridine rings is 1. The molecule has 0 aliphatic carbocycles. The van der Waals surface area contributed by atoms with Gasteiger partial charge < -0.3 is 19.3 Å². The van der Waals surface area contributed by atoms with Crippen molar-refractivity contribution in [3.8, 4) is 0 Å². The van der Waals surface area contributed by atoms with Gasteiger partial charge in [0.25, 0.3) is 5.91 Å². The number of likely N-dealkylation sites (tertiary alicyclic amines) is 2. The predicted octanol–water partition coefficient (Wildman–Crippen LogP) is 2.37. The topological polar surface area (TPSA) is 72.0 Å². The minimum Gasteiger partial charge on any atom is -0.382 e. The molecule has 0 spiro atoms. The van der Waals surface area contributed by atoms with Gasteiger partial charge in [0.05, 0.1) is 25.7 Å². The maximum Gasteiger partial charge on any atom is 0.255 e. The zero-order valence-electron chi connectivity index (χ0n) is 18.2. The molecule has 2 fully saturated rings. The molecule has 2 amide bonds. The molecule has 2 aromatic rings. The zero-order chi connectivity index (χ0) is 22.5. The number of aromatic nitrogens is 1. The minimum absolute atomic E-state index is 0.0181. The van der Waals surface area contributed by atoms with Crippen molar-refractivity contribution in [3.05, 3.63) is 65.7 Å². The normalized spacial score (nSPS) is 21.5. The molecule has 2 aliphatic rings. The van der Waals surface area contributed by atoms with E-state index in [1.54, 1.807) is 36.5 Å². The molecule has 1 aromatic heterocycles. The molecular formula is C24H28FN3O4. The molecule has 2 atom stereocenters. The van der Waals surface area contributed by atoms with Crippen LogP contribution in [0.1, 0.15) is 30.0 Å². The van der Waals surface area contributed by atoms with Gasteiger partial charge >= 0.3 is 0 Å². The number of methoxy groups -OCH3 is 1. The summed E-state index contributed by atoms with van der Waals surface area (Å²) in [5.41, 5.74) is 1.66. The van der Waals surface area contributed by atoms with Crippen LogP contribution in [-0.4, -0.2) is 72.2 Å². The minimum atomic E-state index is -0.528. The van der Waals surface area contributed by atoms with Crippen molar-refractivity contribution in [1.82, 2.24) is 14.8 Å². The van der Waals surface area contributed by atoms with Crippen LogP contribution in [0.3, 0.4) is 0 Å². The first-order valence-corrected chi connectivity index (χ1v) is 10.9. The summed E-state index contributed by atoms with van der Waals surface area (Å²) in [5.74, 6) is -0.377. The van der Waals surface area contributed by atoms with E-state index in [4.69, 9.17) is 9.47 Å². The third kappa shape index (κ3) is 4.81. The third-order valence-electron chi connectivity index (χ3n) is 6.17. The van der Waals surface area contributed by atoms with Gasteiger partial charge in [0.15, 0.2) is 6.10 Å². The van der Waals surface area contributed by atoms with Crippen molar-refractivity contribution in [2.24, 2.45) is 0 Å². The van der Waals surface area contributed by atoms with Gasteiger partial charge in [0, 0.05) is 38.6 Å². The van der Waals surface area contributed by atoms with Crippen molar-refractivity contribution < 1.29 is 23.5 Å². The average Bonchev–Trinajstić information content (AvgIpc) is 2.81. The Labute approximate surface area is 187 Å². The van der Waals surface area contributed by atoms with Gasteiger partial charge in [-0.15, -0.1) is 0 Å². The first-order chi connectivity index (χ1) is 15.6. The summed E-state index contributed by atoms with van der Waals surface area (Å²) >= 11 is 0. The number of halogens is 1. The van der Waals surface area contributed by atoms with Crippen LogP contribution in [0.2, 0.25) is 0 Å². The number of amides is 2. The second kappa shape index (κ2) is 10.2. The predicted molar refractivity (Wildman–Crippen MR) is 115 cm³/mol. The van der Waals surface area contributed by atoms with Crippen molar-refractivity contribution >= 4 is 11.8 Å². The van der Waals surface area contributed by atoms with Crippen LogP contribution in [0.4, 0.5) is 4.39 Å². The van der Waals surface area contributed by atoms with E-state index in [2.05, 4.69) is 4.98 Å². The number of nitrogens with zero attached hydrogens (tertiary/aromatic N) is 3. The number of piperidine rings is 1. The Balaban J connectivity index is 1.38. The molecule has 170 valence electrons. The smallest absolute Gasteiger partial charge is 0.255 e. The van der Waals surface area contributed by atoms with Crippen LogP contribution in [0.15, 0.2) is 48.8 Å². The standard InChI is InChI=1S/C24H28FN3O4/c1-31-13-14-32-23-22(18-5-9-26-10-6-18)28(24(23)30)20-7-11-27(12-8-20)21(29)16-17-3-2-4-19(25)15-17/h2-6,9-10,15,20,22-23H,7-8,11-14,16H2,1H3/t22-,23+/m0/s1. The molecule has 0 bridgehead atoms. The van der Waals surface area contributed by atoms with Crippen molar-refractivity contribution in [2.45, 2.75) is 37.5 Å². The van der Waals surface area contributed by atoms with Gasteiger partial charge in [-0.2, -0.15) is 0 Å². The van der Waals surface area contributed by atoms with E-state index in [-0.39, 0.29) is 36.1 Å². The van der Waals surface area contributed by atoms with Gasteiger partial charge in [0.1, 0.15) is 5.82 Å². The highest BCUT2D eigenvalue weighted by molar-refractivity contribution is 5.89. The van der Waals surface area contributed by atoms with E-state index >= 15 is 0 Å². The number of hydrogen-bond acceptors (Lipinski definition) is 5. The highest BCUT2D eigenvalue weighted by atomic mass is 19.1.